The highest BCUT2D eigenvalue weighted by Crippen LogP contribution is 2.55. The molecule has 0 spiro atoms. The number of hydrogen-bond acceptors (Lipinski definition) is 8. The lowest BCUT2D eigenvalue weighted by Gasteiger charge is -2.31. The third kappa shape index (κ3) is 2.46. The Hall–Kier alpha value is -3.34. The van der Waals surface area contributed by atoms with Crippen LogP contribution in [0.1, 0.15) is 30.7 Å². The highest BCUT2D eigenvalue weighted by Gasteiger charge is 2.41. The Balaban J connectivity index is 2.00. The summed E-state index contributed by atoms with van der Waals surface area (Å²) >= 11 is 0. The van der Waals surface area contributed by atoms with Gasteiger partial charge in [-0.1, -0.05) is 0 Å². The third-order valence-electron chi connectivity index (χ3n) is 4.93. The average molecular weight is 370 g/mol. The van der Waals surface area contributed by atoms with E-state index in [1.54, 1.807) is 6.07 Å². The van der Waals surface area contributed by atoms with E-state index in [2.05, 4.69) is 6.07 Å². The van der Waals surface area contributed by atoms with Gasteiger partial charge in [-0.3, -0.25) is 4.79 Å². The fourth-order valence-electron chi connectivity index (χ4n) is 3.78. The highest BCUT2D eigenvalue weighted by atomic mass is 16.7. The molecule has 0 fully saturated rings. The maximum absolute atomic E-state index is 12.7. The molecule has 0 bridgehead atoms. The molecule has 27 heavy (non-hydrogen) atoms. The van der Waals surface area contributed by atoms with E-state index in [0.717, 1.165) is 0 Å². The molecule has 3 aliphatic rings. The zero-order chi connectivity index (χ0) is 19.1. The van der Waals surface area contributed by atoms with Crippen molar-refractivity contribution in [3.8, 4) is 29.1 Å². The zero-order valence-electron chi connectivity index (χ0n) is 15.0. The molecule has 0 unspecified atom stereocenters. The zero-order valence-corrected chi connectivity index (χ0v) is 15.0. The standard InChI is InChI=1S/C19H18N2O6/c1-23-13-6-9(16(24-2)18-17(13)25-8-26-18)14-10(7-20)19(21)27-12-5-3-4-11(22)15(12)14/h6,14H,3-5,8,21H2,1-2H3/t14-/m0/s1. The Labute approximate surface area is 155 Å². The molecule has 0 radical (unpaired) electrons. The molecule has 1 aromatic carbocycles. The minimum Gasteiger partial charge on any atom is -0.493 e. The molecule has 8 nitrogen and oxygen atoms in total. The largest absolute Gasteiger partial charge is 0.493 e. The second-order valence-corrected chi connectivity index (χ2v) is 6.30. The minimum absolute atomic E-state index is 0.00497. The van der Waals surface area contributed by atoms with Crippen LogP contribution >= 0.6 is 0 Å². The van der Waals surface area contributed by atoms with Crippen LogP contribution in [0.2, 0.25) is 0 Å². The van der Waals surface area contributed by atoms with E-state index in [1.807, 2.05) is 0 Å². The first-order valence-corrected chi connectivity index (χ1v) is 8.49. The lowest BCUT2D eigenvalue weighted by atomic mass is 9.77. The highest BCUT2D eigenvalue weighted by molar-refractivity contribution is 5.99. The van der Waals surface area contributed by atoms with Gasteiger partial charge in [0, 0.05) is 24.0 Å². The summed E-state index contributed by atoms with van der Waals surface area (Å²) in [6.45, 7) is 0.0231. The lowest BCUT2D eigenvalue weighted by Crippen LogP contribution is -2.27. The number of methoxy groups -OCH3 is 2. The van der Waals surface area contributed by atoms with E-state index in [4.69, 9.17) is 29.4 Å². The summed E-state index contributed by atoms with van der Waals surface area (Å²) in [5.74, 6) is 1.31. The number of benzene rings is 1. The number of ether oxygens (including phenoxy) is 5. The van der Waals surface area contributed by atoms with Gasteiger partial charge in [0.25, 0.3) is 0 Å². The summed E-state index contributed by atoms with van der Waals surface area (Å²) < 4.78 is 27.6. The van der Waals surface area contributed by atoms with E-state index < -0.39 is 5.92 Å². The van der Waals surface area contributed by atoms with E-state index in [9.17, 15) is 10.1 Å². The summed E-state index contributed by atoms with van der Waals surface area (Å²) in [6, 6.07) is 3.78. The molecule has 1 atom stereocenters. The van der Waals surface area contributed by atoms with Crippen LogP contribution in [0.3, 0.4) is 0 Å². The smallest absolute Gasteiger partial charge is 0.231 e. The van der Waals surface area contributed by atoms with Gasteiger partial charge in [-0.2, -0.15) is 5.26 Å². The van der Waals surface area contributed by atoms with Gasteiger partial charge in [-0.25, -0.2) is 0 Å². The fourth-order valence-corrected chi connectivity index (χ4v) is 3.78. The van der Waals surface area contributed by atoms with Crippen molar-refractivity contribution in [3.05, 3.63) is 34.4 Å². The summed E-state index contributed by atoms with van der Waals surface area (Å²) in [7, 11) is 2.99. The fraction of sp³-hybridized carbons (Fsp3) is 0.368. The number of nitrogens with zero attached hydrogens (tertiary/aromatic N) is 1. The van der Waals surface area contributed by atoms with Gasteiger partial charge >= 0.3 is 0 Å². The molecule has 140 valence electrons. The van der Waals surface area contributed by atoms with Crippen LogP contribution in [-0.2, 0) is 9.53 Å². The number of carbonyl (C=O) groups is 1. The molecule has 0 amide bonds. The number of Topliss-reactive ketones (excluding diaryl/α,β-unsaturated/α-hetero) is 1. The Morgan fingerprint density at radius 1 is 1.22 bits per heavy atom. The van der Waals surface area contributed by atoms with Gasteiger partial charge in [-0.05, 0) is 12.5 Å². The van der Waals surface area contributed by atoms with E-state index in [1.165, 1.54) is 14.2 Å². The monoisotopic (exact) mass is 370 g/mol. The maximum Gasteiger partial charge on any atom is 0.231 e. The molecule has 0 aromatic heterocycles. The van der Waals surface area contributed by atoms with Crippen LogP contribution in [0.25, 0.3) is 0 Å². The van der Waals surface area contributed by atoms with Crippen molar-refractivity contribution in [3.63, 3.8) is 0 Å². The first-order valence-electron chi connectivity index (χ1n) is 8.49. The van der Waals surface area contributed by atoms with Crippen LogP contribution in [0.5, 0.6) is 23.0 Å². The van der Waals surface area contributed by atoms with Crippen molar-refractivity contribution in [1.82, 2.24) is 0 Å². The summed E-state index contributed by atoms with van der Waals surface area (Å²) in [6.07, 6.45) is 1.66. The Morgan fingerprint density at radius 3 is 2.70 bits per heavy atom. The van der Waals surface area contributed by atoms with Crippen molar-refractivity contribution in [1.29, 1.82) is 5.26 Å². The first-order chi connectivity index (χ1) is 13.1. The summed E-state index contributed by atoms with van der Waals surface area (Å²) in [4.78, 5) is 12.7. The van der Waals surface area contributed by atoms with Crippen LogP contribution in [0.15, 0.2) is 28.9 Å². The molecule has 2 heterocycles. The number of fused-ring (bicyclic) bond motifs is 1. The predicted molar refractivity (Wildman–Crippen MR) is 92.2 cm³/mol. The van der Waals surface area contributed by atoms with Gasteiger partial charge in [0.15, 0.2) is 17.3 Å². The molecule has 0 saturated carbocycles. The van der Waals surface area contributed by atoms with Gasteiger partial charge in [-0.15, -0.1) is 0 Å². The second kappa shape index (κ2) is 6.43. The normalized spacial score (nSPS) is 20.8. The summed E-state index contributed by atoms with van der Waals surface area (Å²) in [5.41, 5.74) is 7.14. The molecule has 4 rings (SSSR count). The molecule has 1 aliphatic carbocycles. The van der Waals surface area contributed by atoms with Gasteiger partial charge in [0.2, 0.25) is 24.2 Å². The van der Waals surface area contributed by atoms with Crippen molar-refractivity contribution < 1.29 is 28.5 Å². The van der Waals surface area contributed by atoms with Crippen molar-refractivity contribution in [2.24, 2.45) is 5.73 Å². The van der Waals surface area contributed by atoms with Gasteiger partial charge in [0.1, 0.15) is 17.4 Å². The Morgan fingerprint density at radius 2 is 2.00 bits per heavy atom. The maximum atomic E-state index is 12.7. The predicted octanol–water partition coefficient (Wildman–Crippen LogP) is 2.25. The topological polar surface area (TPSA) is 113 Å². The van der Waals surface area contributed by atoms with Crippen LogP contribution in [0.4, 0.5) is 0 Å². The van der Waals surface area contributed by atoms with Gasteiger partial charge in [0.05, 0.1) is 20.1 Å². The Kier molecular flexibility index (Phi) is 4.07. The quantitative estimate of drug-likeness (QED) is 0.862. The average Bonchev–Trinajstić information content (AvgIpc) is 3.15. The lowest BCUT2D eigenvalue weighted by molar-refractivity contribution is -0.116. The minimum atomic E-state index is -0.718. The van der Waals surface area contributed by atoms with Crippen LogP contribution in [-0.4, -0.2) is 26.8 Å². The van der Waals surface area contributed by atoms with Crippen LogP contribution in [0, 0.1) is 11.3 Å². The molecule has 1 aromatic rings. The number of allylic oxidation sites excluding steroid dienone is 3. The molecular formula is C19H18N2O6. The van der Waals surface area contributed by atoms with Crippen LogP contribution < -0.4 is 24.7 Å². The molecule has 8 heteroatoms. The number of hydrogen-bond donors (Lipinski definition) is 1. The first kappa shape index (κ1) is 17.1. The van der Waals surface area contributed by atoms with Crippen molar-refractivity contribution >= 4 is 5.78 Å². The number of rotatable bonds is 3. The molecule has 2 aliphatic heterocycles. The summed E-state index contributed by atoms with van der Waals surface area (Å²) in [5, 5.41) is 9.72. The SMILES string of the molecule is COc1cc([C@H]2C(C#N)=C(N)OC3=C2C(=O)CCC3)c(OC)c2c1OCO2. The number of nitriles is 1. The third-order valence-corrected chi connectivity index (χ3v) is 4.93. The van der Waals surface area contributed by atoms with Crippen molar-refractivity contribution in [2.75, 3.05) is 21.0 Å². The second-order valence-electron chi connectivity index (χ2n) is 6.30. The van der Waals surface area contributed by atoms with Gasteiger partial charge < -0.3 is 29.4 Å². The number of nitrogens with two attached hydrogens (primary N) is 1. The van der Waals surface area contributed by atoms with E-state index >= 15 is 0 Å². The van der Waals surface area contributed by atoms with E-state index in [0.29, 0.717) is 59.2 Å². The van der Waals surface area contributed by atoms with E-state index in [-0.39, 0.29) is 24.0 Å². The molecular weight excluding hydrogens is 352 g/mol. The van der Waals surface area contributed by atoms with Crippen molar-refractivity contribution in [2.45, 2.75) is 25.2 Å². The Bertz CT molecular complexity index is 940. The number of carbonyl (C=O) groups excluding carboxylic acids is 1. The number of ketones is 1. The molecule has 2 N–H and O–H groups in total. The molecule has 0 saturated heterocycles.